The van der Waals surface area contributed by atoms with Crippen molar-refractivity contribution in [1.82, 2.24) is 4.98 Å². The number of carbonyl (C=O) groups excluding carboxylic acids is 2. The van der Waals surface area contributed by atoms with Crippen LogP contribution >= 0.6 is 0 Å². The van der Waals surface area contributed by atoms with Crippen LogP contribution in [0.2, 0.25) is 0 Å². The van der Waals surface area contributed by atoms with Gasteiger partial charge in [-0.3, -0.25) is 4.79 Å². The van der Waals surface area contributed by atoms with Crippen LogP contribution in [0.25, 0.3) is 0 Å². The second-order valence-electron chi connectivity index (χ2n) is 2.84. The highest BCUT2D eigenvalue weighted by Crippen LogP contribution is 2.09. The highest BCUT2D eigenvalue weighted by atomic mass is 16.5. The summed E-state index contributed by atoms with van der Waals surface area (Å²) >= 11 is 0. The highest BCUT2D eigenvalue weighted by molar-refractivity contribution is 5.92. The maximum absolute atomic E-state index is 11.4. The molecular weight excluding hydrogens is 198 g/mol. The second kappa shape index (κ2) is 5.19. The predicted molar refractivity (Wildman–Crippen MR) is 52.5 cm³/mol. The van der Waals surface area contributed by atoms with E-state index in [0.29, 0.717) is 17.9 Å². The molecule has 0 bridgehead atoms. The van der Waals surface area contributed by atoms with Gasteiger partial charge in [0.2, 0.25) is 0 Å². The summed E-state index contributed by atoms with van der Waals surface area (Å²) in [7, 11) is 1.30. The summed E-state index contributed by atoms with van der Waals surface area (Å²) in [5, 5.41) is 0. The van der Waals surface area contributed by atoms with Gasteiger partial charge in [0.15, 0.2) is 0 Å². The van der Waals surface area contributed by atoms with E-state index in [9.17, 15) is 9.59 Å². The Morgan fingerprint density at radius 3 is 2.80 bits per heavy atom. The SMILES string of the molecule is CCOC(=O)c1cc[nH]c1CC(=O)OC. The van der Waals surface area contributed by atoms with Crippen LogP contribution in [0.1, 0.15) is 23.0 Å². The molecule has 5 heteroatoms. The van der Waals surface area contributed by atoms with Crippen LogP contribution < -0.4 is 0 Å². The molecule has 0 saturated heterocycles. The molecule has 0 atom stereocenters. The van der Waals surface area contributed by atoms with E-state index in [0.717, 1.165) is 0 Å². The maximum atomic E-state index is 11.4. The standard InChI is InChI=1S/C10H13NO4/c1-3-15-10(13)7-4-5-11-8(7)6-9(12)14-2/h4-5,11H,3,6H2,1-2H3. The zero-order chi connectivity index (χ0) is 11.3. The summed E-state index contributed by atoms with van der Waals surface area (Å²) in [6.45, 7) is 2.03. The molecule has 0 aliphatic rings. The highest BCUT2D eigenvalue weighted by Gasteiger charge is 2.15. The minimum atomic E-state index is -0.433. The first kappa shape index (κ1) is 11.3. The lowest BCUT2D eigenvalue weighted by Crippen LogP contribution is -2.11. The Labute approximate surface area is 87.4 Å². The molecule has 15 heavy (non-hydrogen) atoms. The van der Waals surface area contributed by atoms with Crippen LogP contribution in [0.4, 0.5) is 0 Å². The van der Waals surface area contributed by atoms with Gasteiger partial charge in [-0.1, -0.05) is 0 Å². The number of rotatable bonds is 4. The molecule has 5 nitrogen and oxygen atoms in total. The Morgan fingerprint density at radius 2 is 2.20 bits per heavy atom. The minimum absolute atomic E-state index is 0.0393. The van der Waals surface area contributed by atoms with E-state index >= 15 is 0 Å². The third kappa shape index (κ3) is 2.83. The van der Waals surface area contributed by atoms with E-state index in [1.807, 2.05) is 0 Å². The molecule has 0 aliphatic carbocycles. The van der Waals surface area contributed by atoms with Crippen LogP contribution in [0.5, 0.6) is 0 Å². The zero-order valence-corrected chi connectivity index (χ0v) is 8.70. The van der Waals surface area contributed by atoms with Crippen molar-refractivity contribution in [2.75, 3.05) is 13.7 Å². The average Bonchev–Trinajstić information content (AvgIpc) is 2.66. The van der Waals surface area contributed by atoms with Gasteiger partial charge in [-0.25, -0.2) is 4.79 Å². The fourth-order valence-corrected chi connectivity index (χ4v) is 1.17. The maximum Gasteiger partial charge on any atom is 0.339 e. The Kier molecular flexibility index (Phi) is 3.91. The average molecular weight is 211 g/mol. The summed E-state index contributed by atoms with van der Waals surface area (Å²) in [4.78, 5) is 25.2. The minimum Gasteiger partial charge on any atom is -0.469 e. The van der Waals surface area contributed by atoms with Crippen LogP contribution in [-0.2, 0) is 20.7 Å². The molecule has 0 amide bonds. The molecular formula is C10H13NO4. The molecule has 0 spiro atoms. The number of esters is 2. The van der Waals surface area contributed by atoms with Gasteiger partial charge >= 0.3 is 11.9 Å². The van der Waals surface area contributed by atoms with E-state index in [1.165, 1.54) is 7.11 Å². The molecule has 1 aromatic rings. The molecule has 0 fully saturated rings. The van der Waals surface area contributed by atoms with Crippen molar-refractivity contribution >= 4 is 11.9 Å². The van der Waals surface area contributed by atoms with Gasteiger partial charge in [-0.15, -0.1) is 0 Å². The van der Waals surface area contributed by atoms with Crippen LogP contribution in [0, 0.1) is 0 Å². The first-order valence-corrected chi connectivity index (χ1v) is 4.59. The van der Waals surface area contributed by atoms with Crippen molar-refractivity contribution in [2.24, 2.45) is 0 Å². The number of aromatic amines is 1. The Bertz CT molecular complexity index is 356. The summed E-state index contributed by atoms with van der Waals surface area (Å²) in [5.74, 6) is -0.833. The lowest BCUT2D eigenvalue weighted by Gasteiger charge is -2.02. The van der Waals surface area contributed by atoms with E-state index in [-0.39, 0.29) is 6.42 Å². The first-order chi connectivity index (χ1) is 7.19. The van der Waals surface area contributed by atoms with Crippen molar-refractivity contribution in [3.8, 4) is 0 Å². The Morgan fingerprint density at radius 1 is 1.47 bits per heavy atom. The van der Waals surface area contributed by atoms with Crippen molar-refractivity contribution in [3.63, 3.8) is 0 Å². The van der Waals surface area contributed by atoms with E-state index in [4.69, 9.17) is 4.74 Å². The first-order valence-electron chi connectivity index (χ1n) is 4.59. The van der Waals surface area contributed by atoms with E-state index < -0.39 is 11.9 Å². The fraction of sp³-hybridized carbons (Fsp3) is 0.400. The second-order valence-corrected chi connectivity index (χ2v) is 2.84. The molecule has 0 unspecified atom stereocenters. The molecule has 0 radical (unpaired) electrons. The third-order valence-corrected chi connectivity index (χ3v) is 1.88. The molecule has 1 aromatic heterocycles. The van der Waals surface area contributed by atoms with Gasteiger partial charge in [0.1, 0.15) is 0 Å². The monoisotopic (exact) mass is 211 g/mol. The van der Waals surface area contributed by atoms with Gasteiger partial charge in [-0.2, -0.15) is 0 Å². The van der Waals surface area contributed by atoms with Crippen molar-refractivity contribution in [3.05, 3.63) is 23.5 Å². The fourth-order valence-electron chi connectivity index (χ4n) is 1.17. The number of aromatic nitrogens is 1. The van der Waals surface area contributed by atoms with Crippen LogP contribution in [0.3, 0.4) is 0 Å². The molecule has 1 heterocycles. The largest absolute Gasteiger partial charge is 0.469 e. The quantitative estimate of drug-likeness (QED) is 0.751. The van der Waals surface area contributed by atoms with E-state index in [1.54, 1.807) is 19.2 Å². The number of nitrogens with one attached hydrogen (secondary N) is 1. The van der Waals surface area contributed by atoms with Gasteiger partial charge in [0, 0.05) is 11.9 Å². The lowest BCUT2D eigenvalue weighted by atomic mass is 10.2. The normalized spacial score (nSPS) is 9.73. The van der Waals surface area contributed by atoms with Gasteiger partial charge in [0.25, 0.3) is 0 Å². The van der Waals surface area contributed by atoms with E-state index in [2.05, 4.69) is 9.72 Å². The number of ether oxygens (including phenoxy) is 2. The van der Waals surface area contributed by atoms with Crippen molar-refractivity contribution in [1.29, 1.82) is 0 Å². The molecule has 0 aromatic carbocycles. The Hall–Kier alpha value is -1.78. The molecule has 1 rings (SSSR count). The number of methoxy groups -OCH3 is 1. The number of carbonyl (C=O) groups is 2. The van der Waals surface area contributed by atoms with Gasteiger partial charge in [0.05, 0.1) is 25.7 Å². The Balaban J connectivity index is 2.77. The zero-order valence-electron chi connectivity index (χ0n) is 8.70. The van der Waals surface area contributed by atoms with Crippen molar-refractivity contribution in [2.45, 2.75) is 13.3 Å². The molecule has 1 N–H and O–H groups in total. The van der Waals surface area contributed by atoms with Gasteiger partial charge < -0.3 is 14.5 Å². The summed E-state index contributed by atoms with van der Waals surface area (Å²) < 4.78 is 9.34. The number of hydrogen-bond donors (Lipinski definition) is 1. The van der Waals surface area contributed by atoms with Crippen LogP contribution in [0.15, 0.2) is 12.3 Å². The lowest BCUT2D eigenvalue weighted by molar-refractivity contribution is -0.139. The third-order valence-electron chi connectivity index (χ3n) is 1.88. The number of hydrogen-bond acceptors (Lipinski definition) is 4. The smallest absolute Gasteiger partial charge is 0.339 e. The van der Waals surface area contributed by atoms with Crippen LogP contribution in [-0.4, -0.2) is 30.6 Å². The number of H-pyrrole nitrogens is 1. The summed E-state index contributed by atoms with van der Waals surface area (Å²) in [6, 6.07) is 1.58. The van der Waals surface area contributed by atoms with Gasteiger partial charge in [-0.05, 0) is 13.0 Å². The molecule has 82 valence electrons. The summed E-state index contributed by atoms with van der Waals surface area (Å²) in [5.41, 5.74) is 0.891. The predicted octanol–water partition coefficient (Wildman–Crippen LogP) is 0.907. The molecule has 0 aliphatic heterocycles. The topological polar surface area (TPSA) is 68.4 Å². The summed E-state index contributed by atoms with van der Waals surface area (Å²) in [6.07, 6.45) is 1.63. The van der Waals surface area contributed by atoms with Crippen molar-refractivity contribution < 1.29 is 19.1 Å². The molecule has 0 saturated carbocycles.